The summed E-state index contributed by atoms with van der Waals surface area (Å²) in [4.78, 5) is 100. The van der Waals surface area contributed by atoms with Gasteiger partial charge in [0.25, 0.3) is 10.1 Å². The van der Waals surface area contributed by atoms with Crippen molar-refractivity contribution in [2.45, 2.75) is 228 Å². The van der Waals surface area contributed by atoms with Crippen LogP contribution in [0.5, 0.6) is 5.75 Å². The fourth-order valence-corrected chi connectivity index (χ4v) is 36.0. The van der Waals surface area contributed by atoms with E-state index in [4.69, 9.17) is 55.0 Å². The molecule has 1 aliphatic heterocycles. The van der Waals surface area contributed by atoms with E-state index in [0.717, 1.165) is 101 Å². The number of rotatable bonds is 44. The topological polar surface area (TPSA) is 268 Å². The van der Waals surface area contributed by atoms with Crippen LogP contribution >= 0.6 is 0 Å². The molecule has 0 aromatic heterocycles. The minimum Gasteiger partial charge on any atom is -0.463 e. The molecule has 137 heavy (non-hydrogen) atoms. The summed E-state index contributed by atoms with van der Waals surface area (Å²) in [7, 11) is -15.8. The fourth-order valence-electron chi connectivity index (χ4n) is 26.2. The standard InChI is InChI=1S/C112H146O21SSi3/c1-15-18-55-125-135(93-38-26-20-27-39-93,94-40-28-21-29-41-94)128-62-59-123-101(115)107(11,75-82-54-57-127-137(97-46-34-24-35-47-97,98-48-36-25-37-49-98)130-61-58-122-100(114)106(10,17-3)74-82)77-110(14,104(118)133-112(81(6)7)89-70-85-65-86(72-89)73-90(112)71-85)79-109(13,103(117)131-91-50-52-92(53-51-91)134(119,120)121)78-108(12,76-105(8,9)99(113)132-111(80(4)5)87-66-83-64-84(68-87)69-88(111)67-83)102(116)124-60-63-129-136(126-56-19-16-2,95-42-30-22-31-43-95)96-44-32-23-33-45-96/h15-16,20-53,80-90H,1-2,17-19,54-79H2,3-14H3,(H,119,120,121). The molecular formula is C112H146O21SSi3. The van der Waals surface area contributed by atoms with Crippen LogP contribution in [0.4, 0.5) is 0 Å². The van der Waals surface area contributed by atoms with Crippen molar-refractivity contribution in [1.29, 1.82) is 0 Å². The molecule has 7 aromatic rings. The van der Waals surface area contributed by atoms with Crippen LogP contribution in [0.15, 0.2) is 236 Å². The van der Waals surface area contributed by atoms with E-state index < -0.39 is 145 Å². The highest BCUT2D eigenvalue weighted by Gasteiger charge is 2.66. The Morgan fingerprint density at radius 2 is 0.818 bits per heavy atom. The molecule has 738 valence electrons. The third-order valence-electron chi connectivity index (χ3n) is 31.8. The van der Waals surface area contributed by atoms with E-state index in [2.05, 4.69) is 40.9 Å². The van der Waals surface area contributed by atoms with E-state index in [0.29, 0.717) is 42.9 Å². The van der Waals surface area contributed by atoms with Crippen LogP contribution in [-0.2, 0) is 89.1 Å². The highest BCUT2D eigenvalue weighted by Crippen LogP contribution is 2.65. The average molecular weight is 1940 g/mol. The van der Waals surface area contributed by atoms with E-state index in [-0.39, 0.29) is 126 Å². The lowest BCUT2D eigenvalue weighted by Gasteiger charge is -2.62. The van der Waals surface area contributed by atoms with Gasteiger partial charge in [0.1, 0.15) is 36.8 Å². The minimum atomic E-state index is -4.78. The zero-order valence-electron chi connectivity index (χ0n) is 82.6. The summed E-state index contributed by atoms with van der Waals surface area (Å²) in [5.41, 5.74) is -12.5. The second kappa shape index (κ2) is 43.7. The highest BCUT2D eigenvalue weighted by molar-refractivity contribution is 7.85. The van der Waals surface area contributed by atoms with Crippen LogP contribution in [0.3, 0.4) is 0 Å². The van der Waals surface area contributed by atoms with Gasteiger partial charge in [0.05, 0.1) is 57.2 Å². The summed E-state index contributed by atoms with van der Waals surface area (Å²) in [5, 5.41) is 4.86. The molecule has 21 nitrogen and oxygen atoms in total. The Labute approximate surface area is 816 Å². The maximum atomic E-state index is 17.9. The molecule has 6 unspecified atom stereocenters. The Balaban J connectivity index is 0.924. The molecular weight excluding hydrogens is 1800 g/mol. The summed E-state index contributed by atoms with van der Waals surface area (Å²) < 4.78 is 121. The fraction of sp³-hybridized carbons (Fsp3) is 0.536. The Bertz CT molecular complexity index is 5200. The number of ether oxygens (including phenoxy) is 6. The molecule has 1 saturated heterocycles. The van der Waals surface area contributed by atoms with Crippen molar-refractivity contribution >= 4 is 103 Å². The van der Waals surface area contributed by atoms with E-state index in [1.54, 1.807) is 53.7 Å². The van der Waals surface area contributed by atoms with Crippen LogP contribution in [0.25, 0.3) is 0 Å². The van der Waals surface area contributed by atoms with Crippen LogP contribution < -0.4 is 35.9 Å². The summed E-state index contributed by atoms with van der Waals surface area (Å²) >= 11 is 0. The molecule has 16 rings (SSSR count). The SMILES string of the molecule is C=CCCO[Si](OCCOC(=O)C(C)(CC(C)(C)C(=O)OC1(C(C)C)C2CC3CC(C2)CC1C3)CC(C)(CC(C)(CC(C)(CC1CCO[Si](c2ccccc2)(c2ccccc2)OCCOC(=O)C(C)(CC)C1)C(=O)OCCO[Si](OCCC=C)(c1ccccc1)c1ccccc1)C(=O)OC1(C(C)C)C2CC3CC(C2)CC1C3)C(=O)Oc1ccc(S(=O)(=O)O)cc1)(c1ccccc1)c1ccccc1. The molecule has 9 aliphatic rings. The van der Waals surface area contributed by atoms with Gasteiger partial charge >= 0.3 is 61.5 Å². The maximum absolute atomic E-state index is 17.9. The molecule has 8 aliphatic carbocycles. The first-order valence-corrected chi connectivity index (χ1v) is 56.9. The highest BCUT2D eigenvalue weighted by atomic mass is 32.2. The van der Waals surface area contributed by atoms with Crippen molar-refractivity contribution in [3.05, 3.63) is 232 Å². The van der Waals surface area contributed by atoms with Crippen molar-refractivity contribution in [3.63, 3.8) is 0 Å². The number of cyclic esters (lactones) is 1. The lowest BCUT2D eigenvalue weighted by atomic mass is 9.47. The largest absolute Gasteiger partial charge is 0.463 e. The number of hydrogen-bond donors (Lipinski definition) is 1. The molecule has 6 atom stereocenters. The molecule has 1 heterocycles. The molecule has 25 heteroatoms. The number of carbonyl (C=O) groups excluding carboxylic acids is 6. The van der Waals surface area contributed by atoms with E-state index in [1.807, 2.05) is 196 Å². The predicted molar refractivity (Wildman–Crippen MR) is 536 cm³/mol. The summed E-state index contributed by atoms with van der Waals surface area (Å²) in [6, 6.07) is 63.2. The molecule has 0 radical (unpaired) electrons. The maximum Gasteiger partial charge on any atom is 0.407 e. The Morgan fingerprint density at radius 1 is 0.460 bits per heavy atom. The van der Waals surface area contributed by atoms with Gasteiger partial charge in [0, 0.05) is 19.8 Å². The first-order valence-electron chi connectivity index (χ1n) is 50.1. The van der Waals surface area contributed by atoms with Gasteiger partial charge in [-0.3, -0.25) is 33.3 Å². The second-order valence-corrected chi connectivity index (χ2v) is 53.6. The summed E-state index contributed by atoms with van der Waals surface area (Å²) in [6.45, 7) is 30.2. The van der Waals surface area contributed by atoms with Gasteiger partial charge < -0.3 is 55.0 Å². The van der Waals surface area contributed by atoms with Gasteiger partial charge in [0.2, 0.25) is 0 Å². The minimum absolute atomic E-state index is 0.0288. The van der Waals surface area contributed by atoms with Crippen molar-refractivity contribution in [2.24, 2.45) is 97.6 Å². The lowest BCUT2D eigenvalue weighted by Crippen LogP contribution is -2.64. The second-order valence-electron chi connectivity index (χ2n) is 43.3. The summed E-state index contributed by atoms with van der Waals surface area (Å²) in [5.74, 6) is -3.28. The van der Waals surface area contributed by atoms with Crippen molar-refractivity contribution in [2.75, 3.05) is 59.5 Å². The van der Waals surface area contributed by atoms with Gasteiger partial charge in [-0.05, 0) is 297 Å². The molecule has 7 aromatic carbocycles. The smallest absolute Gasteiger partial charge is 0.407 e. The molecule has 0 spiro atoms. The van der Waals surface area contributed by atoms with Gasteiger partial charge in [-0.1, -0.05) is 229 Å². The zero-order valence-corrected chi connectivity index (χ0v) is 86.4. The molecule has 1 N–H and O–H groups in total. The van der Waals surface area contributed by atoms with Crippen molar-refractivity contribution in [1.82, 2.24) is 0 Å². The third-order valence-corrected chi connectivity index (χ3v) is 42.9. The lowest BCUT2D eigenvalue weighted by molar-refractivity contribution is -0.235. The number of carbonyl (C=O) groups is 6. The van der Waals surface area contributed by atoms with Crippen LogP contribution in [0.2, 0.25) is 0 Å². The molecule has 9 fully saturated rings. The van der Waals surface area contributed by atoms with Crippen LogP contribution in [0.1, 0.15) is 212 Å². The summed E-state index contributed by atoms with van der Waals surface area (Å²) in [6.07, 6.45) is 12.8. The molecule has 8 bridgehead atoms. The van der Waals surface area contributed by atoms with Crippen LogP contribution in [-0.4, -0.2) is 145 Å². The first-order chi connectivity index (χ1) is 65.4. The van der Waals surface area contributed by atoms with Crippen molar-refractivity contribution in [3.8, 4) is 5.75 Å². The Morgan fingerprint density at radius 3 is 1.20 bits per heavy atom. The Kier molecular flexibility index (Phi) is 33.2. The van der Waals surface area contributed by atoms with E-state index >= 15 is 28.8 Å². The van der Waals surface area contributed by atoms with Gasteiger partial charge in [-0.25, -0.2) is 0 Å². The van der Waals surface area contributed by atoms with E-state index in [1.165, 1.54) is 18.6 Å². The van der Waals surface area contributed by atoms with Gasteiger partial charge in [0.15, 0.2) is 0 Å². The first kappa shape index (κ1) is 104. The normalized spacial score (nSPS) is 26.1. The quantitative estimate of drug-likeness (QED) is 0.00707. The number of benzene rings is 7. The molecule has 0 amide bonds. The predicted octanol–water partition coefficient (Wildman–Crippen LogP) is 18.1. The third kappa shape index (κ3) is 22.6. The van der Waals surface area contributed by atoms with Crippen molar-refractivity contribution < 1.29 is 96.7 Å². The Hall–Kier alpha value is -8.84. The van der Waals surface area contributed by atoms with Gasteiger partial charge in [-0.2, -0.15) is 8.42 Å². The zero-order chi connectivity index (χ0) is 97.9. The van der Waals surface area contributed by atoms with Crippen LogP contribution in [0, 0.1) is 97.6 Å². The monoisotopic (exact) mass is 1940 g/mol. The number of hydrogen-bond acceptors (Lipinski definition) is 20. The number of esters is 6. The van der Waals surface area contributed by atoms with E-state index in [9.17, 15) is 13.0 Å². The average Bonchev–Trinajstić information content (AvgIpc) is 0.716. The molecule has 8 saturated carbocycles. The van der Waals surface area contributed by atoms with Gasteiger partial charge in [-0.15, -0.1) is 13.2 Å².